The molecule has 0 radical (unpaired) electrons. The van der Waals surface area contributed by atoms with E-state index in [4.69, 9.17) is 23.2 Å². The van der Waals surface area contributed by atoms with Gasteiger partial charge in [0, 0.05) is 5.02 Å². The first-order chi connectivity index (χ1) is 7.66. The molecule has 0 bridgehead atoms. The number of hydrogen-bond acceptors (Lipinski definition) is 4. The van der Waals surface area contributed by atoms with Crippen LogP contribution in [0, 0.1) is 0 Å². The molecule has 1 heterocycles. The third-order valence-corrected chi connectivity index (χ3v) is 2.91. The molecule has 1 N–H and O–H groups in total. The van der Waals surface area contributed by atoms with Crippen molar-refractivity contribution in [1.82, 2.24) is 10.2 Å². The molecule has 0 spiro atoms. The first-order valence-corrected chi connectivity index (χ1v) is 5.83. The number of carbonyl (C=O) groups excluding carboxylic acids is 1. The summed E-state index contributed by atoms with van der Waals surface area (Å²) in [5, 5.41) is 11.1. The molecule has 0 atom stereocenters. The third-order valence-electron chi connectivity index (χ3n) is 1.76. The van der Waals surface area contributed by atoms with Gasteiger partial charge in [-0.3, -0.25) is 10.1 Å². The van der Waals surface area contributed by atoms with E-state index < -0.39 is 0 Å². The number of amides is 1. The second-order valence-electron chi connectivity index (χ2n) is 2.82. The Hall–Kier alpha value is -1.17. The third kappa shape index (κ3) is 2.49. The molecule has 2 rings (SSSR count). The van der Waals surface area contributed by atoms with E-state index in [0.29, 0.717) is 20.7 Å². The SMILES string of the molecule is O=C(Nc1nncs1)c1ccc(Cl)cc1Cl. The number of benzene rings is 1. The lowest BCUT2D eigenvalue weighted by Crippen LogP contribution is -2.12. The fourth-order valence-electron chi connectivity index (χ4n) is 1.07. The molecule has 4 nitrogen and oxygen atoms in total. The highest BCUT2D eigenvalue weighted by atomic mass is 35.5. The zero-order valence-corrected chi connectivity index (χ0v) is 10.1. The zero-order chi connectivity index (χ0) is 11.5. The molecule has 1 aromatic heterocycles. The van der Waals surface area contributed by atoms with Crippen LogP contribution < -0.4 is 5.32 Å². The smallest absolute Gasteiger partial charge is 0.259 e. The second-order valence-corrected chi connectivity index (χ2v) is 4.50. The Morgan fingerprint density at radius 3 is 2.81 bits per heavy atom. The average molecular weight is 274 g/mol. The van der Waals surface area contributed by atoms with E-state index >= 15 is 0 Å². The van der Waals surface area contributed by atoms with Gasteiger partial charge in [0.25, 0.3) is 5.91 Å². The number of anilines is 1. The molecule has 0 fully saturated rings. The van der Waals surface area contributed by atoms with Crippen molar-refractivity contribution in [2.24, 2.45) is 0 Å². The number of nitrogens with one attached hydrogen (secondary N) is 1. The molecule has 2 aromatic rings. The van der Waals surface area contributed by atoms with Crippen LogP contribution in [0.2, 0.25) is 10.0 Å². The normalized spacial score (nSPS) is 10.1. The van der Waals surface area contributed by atoms with E-state index in [1.165, 1.54) is 22.9 Å². The Morgan fingerprint density at radius 1 is 1.38 bits per heavy atom. The van der Waals surface area contributed by atoms with Crippen LogP contribution in [-0.4, -0.2) is 16.1 Å². The Bertz CT molecular complexity index is 515. The summed E-state index contributed by atoms with van der Waals surface area (Å²) in [5.41, 5.74) is 1.88. The van der Waals surface area contributed by atoms with Crippen molar-refractivity contribution in [3.8, 4) is 0 Å². The van der Waals surface area contributed by atoms with Gasteiger partial charge in [0.15, 0.2) is 0 Å². The van der Waals surface area contributed by atoms with E-state index in [0.717, 1.165) is 0 Å². The molecule has 1 amide bonds. The van der Waals surface area contributed by atoms with Gasteiger partial charge in [-0.15, -0.1) is 10.2 Å². The van der Waals surface area contributed by atoms with E-state index in [1.807, 2.05) is 0 Å². The molecule has 0 saturated carbocycles. The van der Waals surface area contributed by atoms with Crippen molar-refractivity contribution < 1.29 is 4.79 Å². The van der Waals surface area contributed by atoms with Crippen molar-refractivity contribution >= 4 is 45.6 Å². The van der Waals surface area contributed by atoms with Gasteiger partial charge in [-0.05, 0) is 18.2 Å². The highest BCUT2D eigenvalue weighted by molar-refractivity contribution is 7.13. The first kappa shape index (κ1) is 11.3. The summed E-state index contributed by atoms with van der Waals surface area (Å²) in [6, 6.07) is 4.67. The first-order valence-electron chi connectivity index (χ1n) is 4.19. The predicted molar refractivity (Wildman–Crippen MR) is 64.3 cm³/mol. The number of hydrogen-bond donors (Lipinski definition) is 1. The van der Waals surface area contributed by atoms with Crippen LogP contribution in [0.5, 0.6) is 0 Å². The maximum Gasteiger partial charge on any atom is 0.259 e. The molecule has 7 heteroatoms. The van der Waals surface area contributed by atoms with Crippen molar-refractivity contribution in [3.05, 3.63) is 39.3 Å². The van der Waals surface area contributed by atoms with Gasteiger partial charge in [0.2, 0.25) is 5.13 Å². The fourth-order valence-corrected chi connectivity index (χ4v) is 2.00. The van der Waals surface area contributed by atoms with Gasteiger partial charge < -0.3 is 0 Å². The maximum atomic E-state index is 11.7. The maximum absolute atomic E-state index is 11.7. The standard InChI is InChI=1S/C9H5Cl2N3OS/c10-5-1-2-6(7(11)3-5)8(15)13-9-14-12-4-16-9/h1-4H,(H,13,14,15). The van der Waals surface area contributed by atoms with Crippen molar-refractivity contribution in [3.63, 3.8) is 0 Å². The van der Waals surface area contributed by atoms with E-state index in [1.54, 1.807) is 12.1 Å². The quantitative estimate of drug-likeness (QED) is 0.915. The van der Waals surface area contributed by atoms with E-state index in [-0.39, 0.29) is 5.91 Å². The minimum atomic E-state index is -0.335. The monoisotopic (exact) mass is 273 g/mol. The molecule has 0 saturated heterocycles. The van der Waals surface area contributed by atoms with Crippen LogP contribution in [0.25, 0.3) is 0 Å². The van der Waals surface area contributed by atoms with Gasteiger partial charge in [0.1, 0.15) is 5.51 Å². The molecule has 16 heavy (non-hydrogen) atoms. The largest absolute Gasteiger partial charge is 0.296 e. The number of aromatic nitrogens is 2. The summed E-state index contributed by atoms with van der Waals surface area (Å²) in [5.74, 6) is -0.335. The van der Waals surface area contributed by atoms with Crippen LogP contribution >= 0.6 is 34.5 Å². The number of halogens is 2. The Morgan fingerprint density at radius 2 is 2.19 bits per heavy atom. The van der Waals surface area contributed by atoms with Crippen molar-refractivity contribution in [2.45, 2.75) is 0 Å². The lowest BCUT2D eigenvalue weighted by molar-refractivity contribution is 0.102. The lowest BCUT2D eigenvalue weighted by Gasteiger charge is -2.03. The predicted octanol–water partition coefficient (Wildman–Crippen LogP) is 3.10. The highest BCUT2D eigenvalue weighted by Crippen LogP contribution is 2.22. The average Bonchev–Trinajstić information content (AvgIpc) is 2.70. The van der Waals surface area contributed by atoms with Crippen LogP contribution in [-0.2, 0) is 0 Å². The summed E-state index contributed by atoms with van der Waals surface area (Å²) in [7, 11) is 0. The summed E-state index contributed by atoms with van der Waals surface area (Å²) < 4.78 is 0. The minimum absolute atomic E-state index is 0.300. The Labute approximate surface area is 105 Å². The topological polar surface area (TPSA) is 54.9 Å². The van der Waals surface area contributed by atoms with Crippen molar-refractivity contribution in [1.29, 1.82) is 0 Å². The summed E-state index contributed by atoms with van der Waals surface area (Å²) in [6.07, 6.45) is 0. The minimum Gasteiger partial charge on any atom is -0.296 e. The Balaban J connectivity index is 2.21. The van der Waals surface area contributed by atoms with Gasteiger partial charge >= 0.3 is 0 Å². The summed E-state index contributed by atoms with van der Waals surface area (Å²) in [6.45, 7) is 0. The summed E-state index contributed by atoms with van der Waals surface area (Å²) in [4.78, 5) is 11.7. The second kappa shape index (κ2) is 4.78. The van der Waals surface area contributed by atoms with Gasteiger partial charge in [-0.1, -0.05) is 34.5 Å². The fraction of sp³-hybridized carbons (Fsp3) is 0. The van der Waals surface area contributed by atoms with Gasteiger partial charge in [-0.2, -0.15) is 0 Å². The van der Waals surface area contributed by atoms with Crippen LogP contribution in [0.4, 0.5) is 5.13 Å². The number of carbonyl (C=O) groups is 1. The Kier molecular flexibility index (Phi) is 3.38. The molecule has 0 unspecified atom stereocenters. The molecule has 0 aliphatic heterocycles. The molecule has 1 aromatic carbocycles. The van der Waals surface area contributed by atoms with Crippen LogP contribution in [0.15, 0.2) is 23.7 Å². The molecular weight excluding hydrogens is 269 g/mol. The van der Waals surface area contributed by atoms with Gasteiger partial charge in [0.05, 0.1) is 10.6 Å². The van der Waals surface area contributed by atoms with Crippen LogP contribution in [0.3, 0.4) is 0 Å². The number of rotatable bonds is 2. The van der Waals surface area contributed by atoms with E-state index in [2.05, 4.69) is 15.5 Å². The van der Waals surface area contributed by atoms with Crippen LogP contribution in [0.1, 0.15) is 10.4 Å². The summed E-state index contributed by atoms with van der Waals surface area (Å²) >= 11 is 12.8. The van der Waals surface area contributed by atoms with E-state index in [9.17, 15) is 4.79 Å². The van der Waals surface area contributed by atoms with Crippen molar-refractivity contribution in [2.75, 3.05) is 5.32 Å². The van der Waals surface area contributed by atoms with Gasteiger partial charge in [-0.25, -0.2) is 0 Å². The zero-order valence-electron chi connectivity index (χ0n) is 7.78. The molecule has 82 valence electrons. The molecular formula is C9H5Cl2N3OS. The lowest BCUT2D eigenvalue weighted by atomic mass is 10.2. The molecule has 0 aliphatic carbocycles. The highest BCUT2D eigenvalue weighted by Gasteiger charge is 2.11. The molecule has 0 aliphatic rings. The number of nitrogens with zero attached hydrogens (tertiary/aromatic N) is 2.